The van der Waals surface area contributed by atoms with E-state index in [1.54, 1.807) is 0 Å². The Morgan fingerprint density at radius 2 is 1.69 bits per heavy atom. The predicted octanol–water partition coefficient (Wildman–Crippen LogP) is 0.773. The van der Waals surface area contributed by atoms with Gasteiger partial charge < -0.3 is 15.3 Å². The maximum Gasteiger partial charge on any atom is 0.0849 e. The van der Waals surface area contributed by atoms with E-state index in [1.807, 2.05) is 20.8 Å². The van der Waals surface area contributed by atoms with Gasteiger partial charge in [0.25, 0.3) is 0 Å². The van der Waals surface area contributed by atoms with Crippen molar-refractivity contribution in [1.29, 1.82) is 0 Å². The monoisotopic (exact) mass is 190 g/mol. The van der Waals surface area contributed by atoms with Gasteiger partial charge in [0.15, 0.2) is 0 Å². The molecule has 3 unspecified atom stereocenters. The molecule has 0 saturated heterocycles. The molecule has 0 radical (unpaired) electrons. The molecule has 0 aliphatic carbocycles. The van der Waals surface area contributed by atoms with Crippen molar-refractivity contribution in [3.05, 3.63) is 0 Å². The standard InChI is InChI=1S/C10H22O3/c1-4-8(6-11)10(13)9(12)5-7(2)3/h7-13H,4-6H2,1-3H3. The summed E-state index contributed by atoms with van der Waals surface area (Å²) in [4.78, 5) is 0. The van der Waals surface area contributed by atoms with Gasteiger partial charge in [-0.25, -0.2) is 0 Å². The molecule has 0 aromatic heterocycles. The van der Waals surface area contributed by atoms with Crippen LogP contribution in [0.2, 0.25) is 0 Å². The van der Waals surface area contributed by atoms with Gasteiger partial charge in [0, 0.05) is 12.5 Å². The fraction of sp³-hybridized carbons (Fsp3) is 1.00. The van der Waals surface area contributed by atoms with E-state index in [1.165, 1.54) is 0 Å². The molecule has 0 aromatic rings. The lowest BCUT2D eigenvalue weighted by atomic mass is 9.91. The summed E-state index contributed by atoms with van der Waals surface area (Å²) in [6.45, 7) is 5.82. The highest BCUT2D eigenvalue weighted by molar-refractivity contribution is 4.75. The maximum absolute atomic E-state index is 9.62. The molecule has 0 aliphatic heterocycles. The van der Waals surface area contributed by atoms with Crippen LogP contribution >= 0.6 is 0 Å². The third-order valence-electron chi connectivity index (χ3n) is 2.35. The average molecular weight is 190 g/mol. The average Bonchev–Trinajstić information content (AvgIpc) is 2.05. The first-order chi connectivity index (χ1) is 6.02. The molecule has 3 N–H and O–H groups in total. The van der Waals surface area contributed by atoms with Crippen LogP contribution in [0.4, 0.5) is 0 Å². The van der Waals surface area contributed by atoms with Gasteiger partial charge in [-0.15, -0.1) is 0 Å². The Morgan fingerprint density at radius 3 is 2.00 bits per heavy atom. The Morgan fingerprint density at radius 1 is 1.15 bits per heavy atom. The summed E-state index contributed by atoms with van der Waals surface area (Å²) in [6, 6.07) is 0. The summed E-state index contributed by atoms with van der Waals surface area (Å²) in [5.74, 6) is 0.162. The summed E-state index contributed by atoms with van der Waals surface area (Å²) < 4.78 is 0. The fourth-order valence-corrected chi connectivity index (χ4v) is 1.42. The van der Waals surface area contributed by atoms with Gasteiger partial charge in [-0.2, -0.15) is 0 Å². The number of aliphatic hydroxyl groups is 3. The molecule has 0 fully saturated rings. The lowest BCUT2D eigenvalue weighted by Gasteiger charge is -2.25. The van der Waals surface area contributed by atoms with Gasteiger partial charge in [0.2, 0.25) is 0 Å². The second kappa shape index (κ2) is 6.35. The topological polar surface area (TPSA) is 60.7 Å². The van der Waals surface area contributed by atoms with E-state index in [9.17, 15) is 10.2 Å². The summed E-state index contributed by atoms with van der Waals surface area (Å²) >= 11 is 0. The Bertz CT molecular complexity index is 121. The molecular weight excluding hydrogens is 168 g/mol. The molecule has 0 amide bonds. The highest BCUT2D eigenvalue weighted by Crippen LogP contribution is 2.16. The first kappa shape index (κ1) is 12.9. The van der Waals surface area contributed by atoms with Crippen LogP contribution in [0.1, 0.15) is 33.6 Å². The number of hydrogen-bond donors (Lipinski definition) is 3. The van der Waals surface area contributed by atoms with Crippen molar-refractivity contribution in [3.8, 4) is 0 Å². The van der Waals surface area contributed by atoms with Crippen LogP contribution in [-0.4, -0.2) is 34.1 Å². The normalized spacial score (nSPS) is 18.7. The Hall–Kier alpha value is -0.120. The van der Waals surface area contributed by atoms with Crippen molar-refractivity contribution < 1.29 is 15.3 Å². The summed E-state index contributed by atoms with van der Waals surface area (Å²) in [6.07, 6.45) is -0.237. The zero-order chi connectivity index (χ0) is 10.4. The molecule has 0 saturated carbocycles. The zero-order valence-electron chi connectivity index (χ0n) is 8.77. The number of rotatable bonds is 6. The van der Waals surface area contributed by atoms with E-state index < -0.39 is 12.2 Å². The lowest BCUT2D eigenvalue weighted by Crippen LogP contribution is -2.35. The third kappa shape index (κ3) is 4.60. The second-order valence-electron chi connectivity index (χ2n) is 4.04. The summed E-state index contributed by atoms with van der Waals surface area (Å²) in [7, 11) is 0. The molecule has 80 valence electrons. The van der Waals surface area contributed by atoms with Crippen LogP contribution in [0.15, 0.2) is 0 Å². The van der Waals surface area contributed by atoms with Crippen LogP contribution in [0.5, 0.6) is 0 Å². The quantitative estimate of drug-likeness (QED) is 0.580. The molecule has 0 rings (SSSR count). The summed E-state index contributed by atoms with van der Waals surface area (Å²) in [5.41, 5.74) is 0. The van der Waals surface area contributed by atoms with Gasteiger partial charge >= 0.3 is 0 Å². The molecule has 3 nitrogen and oxygen atoms in total. The highest BCUT2D eigenvalue weighted by Gasteiger charge is 2.24. The predicted molar refractivity (Wildman–Crippen MR) is 52.3 cm³/mol. The maximum atomic E-state index is 9.62. The minimum Gasteiger partial charge on any atom is -0.396 e. The minimum atomic E-state index is -0.794. The number of aliphatic hydroxyl groups excluding tert-OH is 3. The Kier molecular flexibility index (Phi) is 6.29. The molecule has 13 heavy (non-hydrogen) atoms. The van der Waals surface area contributed by atoms with E-state index in [2.05, 4.69) is 0 Å². The van der Waals surface area contributed by atoms with Crippen LogP contribution in [0.25, 0.3) is 0 Å². The van der Waals surface area contributed by atoms with E-state index in [-0.39, 0.29) is 12.5 Å². The molecule has 0 spiro atoms. The van der Waals surface area contributed by atoms with Crippen molar-refractivity contribution >= 4 is 0 Å². The van der Waals surface area contributed by atoms with Crippen molar-refractivity contribution in [2.24, 2.45) is 11.8 Å². The Labute approximate surface area is 80.4 Å². The fourth-order valence-electron chi connectivity index (χ4n) is 1.42. The van der Waals surface area contributed by atoms with Gasteiger partial charge in [0.05, 0.1) is 12.2 Å². The lowest BCUT2D eigenvalue weighted by molar-refractivity contribution is -0.0412. The van der Waals surface area contributed by atoms with Crippen LogP contribution in [-0.2, 0) is 0 Å². The van der Waals surface area contributed by atoms with Gasteiger partial charge in [-0.3, -0.25) is 0 Å². The smallest absolute Gasteiger partial charge is 0.0849 e. The zero-order valence-corrected chi connectivity index (χ0v) is 8.77. The highest BCUT2D eigenvalue weighted by atomic mass is 16.3. The molecule has 0 aliphatic rings. The van der Waals surface area contributed by atoms with Crippen molar-refractivity contribution in [3.63, 3.8) is 0 Å². The van der Waals surface area contributed by atoms with Gasteiger partial charge in [-0.1, -0.05) is 20.8 Å². The summed E-state index contributed by atoms with van der Waals surface area (Å²) in [5, 5.41) is 28.1. The molecule has 0 aromatic carbocycles. The molecule has 3 atom stereocenters. The first-order valence-corrected chi connectivity index (χ1v) is 4.99. The van der Waals surface area contributed by atoms with E-state index in [0.717, 1.165) is 0 Å². The van der Waals surface area contributed by atoms with Crippen LogP contribution in [0.3, 0.4) is 0 Å². The van der Waals surface area contributed by atoms with Crippen LogP contribution < -0.4 is 0 Å². The molecule has 0 heterocycles. The van der Waals surface area contributed by atoms with Crippen molar-refractivity contribution in [2.75, 3.05) is 6.61 Å². The Balaban J connectivity index is 3.98. The van der Waals surface area contributed by atoms with Gasteiger partial charge in [-0.05, 0) is 18.8 Å². The van der Waals surface area contributed by atoms with E-state index >= 15 is 0 Å². The van der Waals surface area contributed by atoms with Crippen LogP contribution in [0, 0.1) is 11.8 Å². The third-order valence-corrected chi connectivity index (χ3v) is 2.35. The second-order valence-corrected chi connectivity index (χ2v) is 4.04. The van der Waals surface area contributed by atoms with E-state index in [0.29, 0.717) is 18.8 Å². The largest absolute Gasteiger partial charge is 0.396 e. The molecule has 0 bridgehead atoms. The van der Waals surface area contributed by atoms with E-state index in [4.69, 9.17) is 5.11 Å². The SMILES string of the molecule is CCC(CO)C(O)C(O)CC(C)C. The van der Waals surface area contributed by atoms with Crippen molar-refractivity contribution in [2.45, 2.75) is 45.8 Å². The molecule has 3 heteroatoms. The van der Waals surface area contributed by atoms with Crippen molar-refractivity contribution in [1.82, 2.24) is 0 Å². The first-order valence-electron chi connectivity index (χ1n) is 4.99. The minimum absolute atomic E-state index is 0.0627. The van der Waals surface area contributed by atoms with Gasteiger partial charge in [0.1, 0.15) is 0 Å². The number of hydrogen-bond acceptors (Lipinski definition) is 3. The molecular formula is C10H22O3.